The summed E-state index contributed by atoms with van der Waals surface area (Å²) in [5.74, 6) is 0.267. The summed E-state index contributed by atoms with van der Waals surface area (Å²) in [5, 5.41) is 5.55. The molecule has 0 aliphatic rings. The van der Waals surface area contributed by atoms with Crippen LogP contribution in [0.15, 0.2) is 66.8 Å². The number of hydrogen-bond donors (Lipinski definition) is 3. The van der Waals surface area contributed by atoms with E-state index >= 15 is 0 Å². The van der Waals surface area contributed by atoms with Gasteiger partial charge in [0.05, 0.1) is 11.0 Å². The molecule has 27 heavy (non-hydrogen) atoms. The van der Waals surface area contributed by atoms with Crippen molar-refractivity contribution in [1.82, 2.24) is 9.97 Å². The number of fused-ring (bicyclic) bond motifs is 1. The highest BCUT2D eigenvalue weighted by atomic mass is 16.2. The highest BCUT2D eigenvalue weighted by Gasteiger charge is 2.09. The van der Waals surface area contributed by atoms with Crippen LogP contribution in [0, 0.1) is 0 Å². The lowest BCUT2D eigenvalue weighted by Crippen LogP contribution is -2.11. The molecule has 0 radical (unpaired) electrons. The molecule has 3 aromatic rings. The van der Waals surface area contributed by atoms with Crippen LogP contribution in [0.3, 0.4) is 0 Å². The SMILES string of the molecule is C=C(C)C(=O)Nc1ccc(-c2nc3ccc(NC(=O)C(=C)C)cc3[nH]2)cc1. The number of amides is 2. The standard InChI is InChI=1S/C21H20N4O2/c1-12(2)20(26)22-15-7-5-14(6-8-15)19-24-17-10-9-16(11-18(17)25-19)23-21(27)13(3)4/h5-11H,1,3H2,2,4H3,(H,22,26)(H,23,27)(H,24,25). The predicted molar refractivity (Wildman–Crippen MR) is 108 cm³/mol. The second-order valence-electron chi connectivity index (χ2n) is 6.36. The van der Waals surface area contributed by atoms with Gasteiger partial charge in [-0.15, -0.1) is 0 Å². The van der Waals surface area contributed by atoms with Gasteiger partial charge in [0.2, 0.25) is 0 Å². The zero-order chi connectivity index (χ0) is 19.6. The smallest absolute Gasteiger partial charge is 0.250 e. The van der Waals surface area contributed by atoms with Crippen LogP contribution >= 0.6 is 0 Å². The van der Waals surface area contributed by atoms with Crippen LogP contribution in [0.25, 0.3) is 22.4 Å². The Morgan fingerprint density at radius 1 is 0.889 bits per heavy atom. The second kappa shape index (κ2) is 7.29. The van der Waals surface area contributed by atoms with Crippen molar-refractivity contribution in [2.75, 3.05) is 10.6 Å². The summed E-state index contributed by atoms with van der Waals surface area (Å²) in [5.41, 5.74) is 4.73. The summed E-state index contributed by atoms with van der Waals surface area (Å²) in [6.45, 7) is 10.6. The zero-order valence-corrected chi connectivity index (χ0v) is 15.2. The highest BCUT2D eigenvalue weighted by molar-refractivity contribution is 6.04. The topological polar surface area (TPSA) is 86.9 Å². The first-order chi connectivity index (χ1) is 12.8. The number of hydrogen-bond acceptors (Lipinski definition) is 3. The van der Waals surface area contributed by atoms with Gasteiger partial charge in [0.15, 0.2) is 0 Å². The molecular weight excluding hydrogens is 340 g/mol. The van der Waals surface area contributed by atoms with E-state index in [0.29, 0.717) is 28.3 Å². The fraction of sp³-hybridized carbons (Fsp3) is 0.0952. The maximum Gasteiger partial charge on any atom is 0.250 e. The lowest BCUT2D eigenvalue weighted by molar-refractivity contribution is -0.113. The number of benzene rings is 2. The summed E-state index contributed by atoms with van der Waals surface area (Å²) in [4.78, 5) is 31.2. The van der Waals surface area contributed by atoms with Gasteiger partial charge in [-0.2, -0.15) is 0 Å². The number of nitrogens with one attached hydrogen (secondary N) is 3. The molecule has 0 unspecified atom stereocenters. The van der Waals surface area contributed by atoms with Crippen molar-refractivity contribution in [3.8, 4) is 11.4 Å². The first-order valence-corrected chi connectivity index (χ1v) is 8.37. The van der Waals surface area contributed by atoms with E-state index in [2.05, 4.69) is 33.8 Å². The van der Waals surface area contributed by atoms with Crippen molar-refractivity contribution in [1.29, 1.82) is 0 Å². The van der Waals surface area contributed by atoms with Crippen molar-refractivity contribution < 1.29 is 9.59 Å². The normalized spacial score (nSPS) is 10.4. The quantitative estimate of drug-likeness (QED) is 0.594. The second-order valence-corrected chi connectivity index (χ2v) is 6.36. The van der Waals surface area contributed by atoms with E-state index in [4.69, 9.17) is 0 Å². The first kappa shape index (κ1) is 18.1. The van der Waals surface area contributed by atoms with Crippen LogP contribution in [0.1, 0.15) is 13.8 Å². The fourth-order valence-electron chi connectivity index (χ4n) is 2.41. The molecule has 0 aliphatic carbocycles. The molecule has 2 aromatic carbocycles. The molecule has 0 aliphatic heterocycles. The van der Waals surface area contributed by atoms with Crippen molar-refractivity contribution in [2.45, 2.75) is 13.8 Å². The van der Waals surface area contributed by atoms with Crippen LogP contribution in [0.5, 0.6) is 0 Å². The first-order valence-electron chi connectivity index (χ1n) is 8.37. The van der Waals surface area contributed by atoms with Crippen LogP contribution in [-0.2, 0) is 9.59 Å². The number of carbonyl (C=O) groups excluding carboxylic acids is 2. The molecule has 2 amide bonds. The maximum atomic E-state index is 11.8. The zero-order valence-electron chi connectivity index (χ0n) is 15.2. The highest BCUT2D eigenvalue weighted by Crippen LogP contribution is 2.24. The van der Waals surface area contributed by atoms with Crippen molar-refractivity contribution in [2.24, 2.45) is 0 Å². The van der Waals surface area contributed by atoms with Gasteiger partial charge in [0, 0.05) is 28.1 Å². The fourth-order valence-corrected chi connectivity index (χ4v) is 2.41. The third-order valence-corrected chi connectivity index (χ3v) is 3.93. The Labute approximate surface area is 157 Å². The van der Waals surface area contributed by atoms with Gasteiger partial charge in [-0.3, -0.25) is 9.59 Å². The Morgan fingerprint density at radius 3 is 2.04 bits per heavy atom. The number of H-pyrrole nitrogens is 1. The van der Waals surface area contributed by atoms with E-state index in [9.17, 15) is 9.59 Å². The van der Waals surface area contributed by atoms with E-state index < -0.39 is 0 Å². The minimum atomic E-state index is -0.221. The summed E-state index contributed by atoms with van der Waals surface area (Å²) < 4.78 is 0. The Bertz CT molecular complexity index is 1060. The van der Waals surface area contributed by atoms with Gasteiger partial charge in [-0.05, 0) is 56.3 Å². The Hall–Kier alpha value is -3.67. The summed E-state index contributed by atoms with van der Waals surface area (Å²) >= 11 is 0. The Morgan fingerprint density at radius 2 is 1.44 bits per heavy atom. The number of aromatic nitrogens is 2. The molecule has 6 heteroatoms. The predicted octanol–water partition coefficient (Wildman–Crippen LogP) is 4.26. The molecule has 136 valence electrons. The molecule has 0 atom stereocenters. The molecule has 0 spiro atoms. The summed E-state index contributed by atoms with van der Waals surface area (Å²) in [7, 11) is 0. The number of carbonyl (C=O) groups is 2. The number of aromatic amines is 1. The van der Waals surface area contributed by atoms with E-state index in [1.54, 1.807) is 19.9 Å². The summed E-state index contributed by atoms with van der Waals surface area (Å²) in [6.07, 6.45) is 0. The van der Waals surface area contributed by atoms with Gasteiger partial charge in [0.25, 0.3) is 11.8 Å². The van der Waals surface area contributed by atoms with E-state index in [1.165, 1.54) is 0 Å². The number of rotatable bonds is 5. The third-order valence-electron chi connectivity index (χ3n) is 3.93. The lowest BCUT2D eigenvalue weighted by atomic mass is 10.2. The third kappa shape index (κ3) is 4.12. The van der Waals surface area contributed by atoms with Gasteiger partial charge in [-0.25, -0.2) is 4.98 Å². The Kier molecular flexibility index (Phi) is 4.90. The molecule has 0 bridgehead atoms. The van der Waals surface area contributed by atoms with Gasteiger partial charge in [0.1, 0.15) is 5.82 Å². The van der Waals surface area contributed by atoms with Crippen LogP contribution in [0.2, 0.25) is 0 Å². The molecule has 1 aromatic heterocycles. The average molecular weight is 360 g/mol. The van der Waals surface area contributed by atoms with Crippen LogP contribution < -0.4 is 10.6 Å². The molecule has 6 nitrogen and oxygen atoms in total. The number of nitrogens with zero attached hydrogens (tertiary/aromatic N) is 1. The van der Waals surface area contributed by atoms with Gasteiger partial charge >= 0.3 is 0 Å². The van der Waals surface area contributed by atoms with E-state index in [1.807, 2.05) is 36.4 Å². The van der Waals surface area contributed by atoms with E-state index in [-0.39, 0.29) is 11.8 Å². The number of anilines is 2. The van der Waals surface area contributed by atoms with E-state index in [0.717, 1.165) is 16.6 Å². The average Bonchev–Trinajstić information content (AvgIpc) is 3.05. The molecule has 0 fully saturated rings. The number of imidazole rings is 1. The van der Waals surface area contributed by atoms with Crippen molar-refractivity contribution in [3.63, 3.8) is 0 Å². The Balaban J connectivity index is 1.82. The lowest BCUT2D eigenvalue weighted by Gasteiger charge is -2.05. The molecule has 1 heterocycles. The monoisotopic (exact) mass is 360 g/mol. The minimum Gasteiger partial charge on any atom is -0.338 e. The minimum absolute atomic E-state index is 0.212. The van der Waals surface area contributed by atoms with Crippen LogP contribution in [-0.4, -0.2) is 21.8 Å². The van der Waals surface area contributed by atoms with Gasteiger partial charge < -0.3 is 15.6 Å². The molecule has 0 saturated heterocycles. The maximum absolute atomic E-state index is 11.8. The molecular formula is C21H20N4O2. The molecule has 3 rings (SSSR count). The summed E-state index contributed by atoms with van der Waals surface area (Å²) in [6, 6.07) is 12.8. The molecule has 0 saturated carbocycles. The van der Waals surface area contributed by atoms with Crippen molar-refractivity contribution >= 4 is 34.2 Å². The van der Waals surface area contributed by atoms with Crippen molar-refractivity contribution in [3.05, 3.63) is 66.8 Å². The van der Waals surface area contributed by atoms with Crippen LogP contribution in [0.4, 0.5) is 11.4 Å². The largest absolute Gasteiger partial charge is 0.338 e. The van der Waals surface area contributed by atoms with Gasteiger partial charge in [-0.1, -0.05) is 13.2 Å². The molecule has 3 N–H and O–H groups in total.